The van der Waals surface area contributed by atoms with E-state index in [1.165, 1.54) is 11.1 Å². The molecule has 0 aromatic heterocycles. The summed E-state index contributed by atoms with van der Waals surface area (Å²) in [6.07, 6.45) is 4.92. The zero-order chi connectivity index (χ0) is 9.68. The Balaban J connectivity index is 2.69. The van der Waals surface area contributed by atoms with Crippen molar-refractivity contribution in [3.05, 3.63) is 54.6 Å². The highest BCUT2D eigenvalue weighted by atomic mass is 14.0. The van der Waals surface area contributed by atoms with Crippen LogP contribution in [0.3, 0.4) is 0 Å². The Hall–Kier alpha value is -1.30. The minimum Gasteiger partial charge on any atom is -0.103 e. The van der Waals surface area contributed by atoms with Crippen molar-refractivity contribution >= 4 is 6.08 Å². The van der Waals surface area contributed by atoms with Crippen molar-refractivity contribution in [1.29, 1.82) is 0 Å². The van der Waals surface area contributed by atoms with E-state index in [-0.39, 0.29) is 0 Å². The molecule has 0 N–H and O–H groups in total. The van der Waals surface area contributed by atoms with Crippen molar-refractivity contribution < 1.29 is 0 Å². The highest BCUT2D eigenvalue weighted by molar-refractivity contribution is 5.47. The summed E-state index contributed by atoms with van der Waals surface area (Å²) in [5.41, 5.74) is 2.54. The molecule has 1 rings (SSSR count). The molecule has 0 amide bonds. The fraction of sp³-hybridized carbons (Fsp3) is 0.231. The quantitative estimate of drug-likeness (QED) is 0.607. The standard InChI is InChI=1S/C13H16/c1-4-11(3)10-13-8-6-12(5-2)7-9-13/h4-9,11H,1-2,10H2,3H3. The minimum absolute atomic E-state index is 0.551. The maximum Gasteiger partial charge on any atom is -0.0218 e. The van der Waals surface area contributed by atoms with Gasteiger partial charge in [0, 0.05) is 0 Å². The first-order valence-electron chi connectivity index (χ1n) is 4.60. The van der Waals surface area contributed by atoms with E-state index in [0.717, 1.165) is 6.42 Å². The van der Waals surface area contributed by atoms with Gasteiger partial charge in [0.15, 0.2) is 0 Å². The molecule has 0 bridgehead atoms. The summed E-state index contributed by atoms with van der Waals surface area (Å²) in [5, 5.41) is 0. The van der Waals surface area contributed by atoms with Gasteiger partial charge in [0.2, 0.25) is 0 Å². The molecule has 1 aromatic carbocycles. The maximum absolute atomic E-state index is 3.77. The maximum atomic E-state index is 3.77. The molecular weight excluding hydrogens is 156 g/mol. The van der Waals surface area contributed by atoms with E-state index in [4.69, 9.17) is 0 Å². The number of hydrogen-bond donors (Lipinski definition) is 0. The Labute approximate surface area is 80.6 Å². The molecule has 0 heteroatoms. The monoisotopic (exact) mass is 172 g/mol. The number of hydrogen-bond acceptors (Lipinski definition) is 0. The summed E-state index contributed by atoms with van der Waals surface area (Å²) in [7, 11) is 0. The first kappa shape index (κ1) is 9.79. The summed E-state index contributed by atoms with van der Waals surface area (Å²) in [4.78, 5) is 0. The number of benzene rings is 1. The molecule has 1 aromatic rings. The molecule has 0 aliphatic rings. The van der Waals surface area contributed by atoms with Gasteiger partial charge >= 0.3 is 0 Å². The average Bonchev–Trinajstić information content (AvgIpc) is 2.19. The third-order valence-electron chi connectivity index (χ3n) is 2.18. The van der Waals surface area contributed by atoms with E-state index >= 15 is 0 Å². The Morgan fingerprint density at radius 3 is 2.31 bits per heavy atom. The molecule has 1 atom stereocenters. The Kier molecular flexibility index (Phi) is 3.51. The van der Waals surface area contributed by atoms with Crippen LogP contribution in [0, 0.1) is 5.92 Å². The fourth-order valence-corrected chi connectivity index (χ4v) is 1.24. The Bertz CT molecular complexity index is 279. The van der Waals surface area contributed by atoms with E-state index in [1.54, 1.807) is 0 Å². The van der Waals surface area contributed by atoms with Crippen molar-refractivity contribution in [2.75, 3.05) is 0 Å². The average molecular weight is 172 g/mol. The zero-order valence-corrected chi connectivity index (χ0v) is 8.16. The van der Waals surface area contributed by atoms with E-state index in [9.17, 15) is 0 Å². The van der Waals surface area contributed by atoms with Crippen molar-refractivity contribution in [3.63, 3.8) is 0 Å². The molecule has 0 saturated carbocycles. The van der Waals surface area contributed by atoms with Gasteiger partial charge in [-0.25, -0.2) is 0 Å². The first-order chi connectivity index (χ1) is 6.26. The van der Waals surface area contributed by atoms with Gasteiger partial charge in [0.1, 0.15) is 0 Å². The van der Waals surface area contributed by atoms with Gasteiger partial charge in [0.05, 0.1) is 0 Å². The Morgan fingerprint density at radius 2 is 1.85 bits per heavy atom. The summed E-state index contributed by atoms with van der Waals surface area (Å²) in [6.45, 7) is 9.67. The SMILES string of the molecule is C=Cc1ccc(CC(C)C=C)cc1. The molecule has 0 heterocycles. The molecule has 0 spiro atoms. The number of allylic oxidation sites excluding steroid dienone is 1. The van der Waals surface area contributed by atoms with Crippen LogP contribution in [0.15, 0.2) is 43.5 Å². The summed E-state index contributed by atoms with van der Waals surface area (Å²) < 4.78 is 0. The largest absolute Gasteiger partial charge is 0.103 e. The predicted octanol–water partition coefficient (Wildman–Crippen LogP) is 3.69. The smallest absolute Gasteiger partial charge is 0.0218 e. The van der Waals surface area contributed by atoms with Gasteiger partial charge in [-0.15, -0.1) is 6.58 Å². The summed E-state index contributed by atoms with van der Waals surface area (Å²) >= 11 is 0. The van der Waals surface area contributed by atoms with Crippen molar-refractivity contribution in [1.82, 2.24) is 0 Å². The Morgan fingerprint density at radius 1 is 1.23 bits per heavy atom. The van der Waals surface area contributed by atoms with E-state index in [1.807, 2.05) is 12.2 Å². The van der Waals surface area contributed by atoms with Crippen molar-refractivity contribution in [2.45, 2.75) is 13.3 Å². The van der Waals surface area contributed by atoms with Crippen LogP contribution in [0.1, 0.15) is 18.1 Å². The van der Waals surface area contributed by atoms with Gasteiger partial charge in [-0.1, -0.05) is 49.9 Å². The summed E-state index contributed by atoms with van der Waals surface area (Å²) in [6, 6.07) is 8.49. The lowest BCUT2D eigenvalue weighted by Crippen LogP contribution is -1.94. The normalized spacial score (nSPS) is 12.1. The second-order valence-corrected chi connectivity index (χ2v) is 3.36. The van der Waals surface area contributed by atoms with Crippen LogP contribution in [0.5, 0.6) is 0 Å². The highest BCUT2D eigenvalue weighted by Crippen LogP contribution is 2.11. The van der Waals surface area contributed by atoms with Crippen molar-refractivity contribution in [2.24, 2.45) is 5.92 Å². The topological polar surface area (TPSA) is 0 Å². The van der Waals surface area contributed by atoms with Gasteiger partial charge in [-0.2, -0.15) is 0 Å². The molecule has 0 fully saturated rings. The second-order valence-electron chi connectivity index (χ2n) is 3.36. The highest BCUT2D eigenvalue weighted by Gasteiger charge is 1.97. The third-order valence-corrected chi connectivity index (χ3v) is 2.18. The molecule has 0 saturated heterocycles. The lowest BCUT2D eigenvalue weighted by molar-refractivity contribution is 0.725. The molecule has 0 aliphatic heterocycles. The van der Waals surface area contributed by atoms with Gasteiger partial charge in [-0.05, 0) is 23.5 Å². The fourth-order valence-electron chi connectivity index (χ4n) is 1.24. The second kappa shape index (κ2) is 4.66. The molecule has 0 nitrogen and oxygen atoms in total. The third kappa shape index (κ3) is 2.90. The lowest BCUT2D eigenvalue weighted by atomic mass is 10.0. The minimum atomic E-state index is 0.551. The van der Waals surface area contributed by atoms with E-state index in [0.29, 0.717) is 5.92 Å². The van der Waals surface area contributed by atoms with Crippen LogP contribution in [0.4, 0.5) is 0 Å². The first-order valence-corrected chi connectivity index (χ1v) is 4.60. The van der Waals surface area contributed by atoms with Crippen LogP contribution in [-0.4, -0.2) is 0 Å². The van der Waals surface area contributed by atoms with Gasteiger partial charge in [0.25, 0.3) is 0 Å². The van der Waals surface area contributed by atoms with Crippen molar-refractivity contribution in [3.8, 4) is 0 Å². The molecule has 68 valence electrons. The zero-order valence-electron chi connectivity index (χ0n) is 8.16. The molecule has 0 radical (unpaired) electrons. The van der Waals surface area contributed by atoms with Gasteiger partial charge < -0.3 is 0 Å². The van der Waals surface area contributed by atoms with Crippen LogP contribution < -0.4 is 0 Å². The van der Waals surface area contributed by atoms with Crippen LogP contribution in [0.25, 0.3) is 6.08 Å². The molecule has 1 unspecified atom stereocenters. The predicted molar refractivity (Wildman–Crippen MR) is 59.6 cm³/mol. The lowest BCUT2D eigenvalue weighted by Gasteiger charge is -2.05. The van der Waals surface area contributed by atoms with Crippen LogP contribution >= 0.6 is 0 Å². The number of rotatable bonds is 4. The van der Waals surface area contributed by atoms with Gasteiger partial charge in [-0.3, -0.25) is 0 Å². The van der Waals surface area contributed by atoms with Crippen LogP contribution in [0.2, 0.25) is 0 Å². The van der Waals surface area contributed by atoms with E-state index < -0.39 is 0 Å². The molecule has 0 aliphatic carbocycles. The molecule has 13 heavy (non-hydrogen) atoms. The molecular formula is C13H16. The summed E-state index contributed by atoms with van der Waals surface area (Å²) in [5.74, 6) is 0.551. The van der Waals surface area contributed by atoms with E-state index in [2.05, 4.69) is 44.3 Å². The van der Waals surface area contributed by atoms with Crippen LogP contribution in [-0.2, 0) is 6.42 Å².